The molecule has 4 aromatic rings. The number of hydrogen-bond acceptors (Lipinski definition) is 6. The molecule has 3 N–H and O–H groups in total. The first kappa shape index (κ1) is 15.4. The highest BCUT2D eigenvalue weighted by Crippen LogP contribution is 2.23. The van der Waals surface area contributed by atoms with Crippen LogP contribution in [-0.2, 0) is 0 Å². The van der Waals surface area contributed by atoms with Crippen molar-refractivity contribution >= 4 is 34.0 Å². The Hall–Kier alpha value is -3.13. The average Bonchev–Trinajstić information content (AvgIpc) is 3.18. The molecule has 128 valence electrons. The van der Waals surface area contributed by atoms with Crippen LogP contribution in [-0.4, -0.2) is 50.1 Å². The molecule has 25 heavy (non-hydrogen) atoms. The van der Waals surface area contributed by atoms with Gasteiger partial charge in [0.05, 0.1) is 12.1 Å². The van der Waals surface area contributed by atoms with Crippen molar-refractivity contribution < 1.29 is 5.11 Å². The molecule has 8 nitrogen and oxygen atoms in total. The van der Waals surface area contributed by atoms with Crippen molar-refractivity contribution in [2.75, 3.05) is 30.4 Å². The molecule has 0 radical (unpaired) electrons. The number of aliphatic hydroxyl groups is 1. The number of benzene rings is 1. The van der Waals surface area contributed by atoms with Gasteiger partial charge in [-0.25, -0.2) is 0 Å². The van der Waals surface area contributed by atoms with E-state index in [0.29, 0.717) is 12.5 Å². The number of likely N-dealkylation sites (N-methyl/N-ethyl adjacent to an activating group) is 1. The zero-order valence-electron chi connectivity index (χ0n) is 14.1. The van der Waals surface area contributed by atoms with Crippen molar-refractivity contribution in [3.05, 3.63) is 42.1 Å². The SMILES string of the molecule is Cc1[nH]nc2cc(Nc3nc4cccc(N(C)CCO)n4n3)ccc12. The lowest BCUT2D eigenvalue weighted by Gasteiger charge is -2.17. The summed E-state index contributed by atoms with van der Waals surface area (Å²) >= 11 is 0. The highest BCUT2D eigenvalue weighted by Gasteiger charge is 2.11. The first-order valence-electron chi connectivity index (χ1n) is 8.05. The number of rotatable bonds is 5. The van der Waals surface area contributed by atoms with E-state index in [2.05, 4.69) is 25.6 Å². The van der Waals surface area contributed by atoms with Crippen LogP contribution in [0, 0.1) is 6.92 Å². The molecule has 0 unspecified atom stereocenters. The molecule has 3 aromatic heterocycles. The zero-order valence-corrected chi connectivity index (χ0v) is 14.1. The maximum absolute atomic E-state index is 9.15. The highest BCUT2D eigenvalue weighted by atomic mass is 16.3. The van der Waals surface area contributed by atoms with Crippen LogP contribution < -0.4 is 10.2 Å². The fourth-order valence-electron chi connectivity index (χ4n) is 2.85. The Bertz CT molecular complexity index is 1040. The van der Waals surface area contributed by atoms with Gasteiger partial charge in [0.25, 0.3) is 0 Å². The van der Waals surface area contributed by atoms with Gasteiger partial charge in [-0.15, -0.1) is 5.10 Å². The molecule has 8 heteroatoms. The summed E-state index contributed by atoms with van der Waals surface area (Å²) < 4.78 is 1.76. The van der Waals surface area contributed by atoms with E-state index >= 15 is 0 Å². The largest absolute Gasteiger partial charge is 0.395 e. The van der Waals surface area contributed by atoms with Crippen LogP contribution in [0.2, 0.25) is 0 Å². The van der Waals surface area contributed by atoms with E-state index < -0.39 is 0 Å². The van der Waals surface area contributed by atoms with Crippen LogP contribution in [0.25, 0.3) is 16.6 Å². The van der Waals surface area contributed by atoms with Gasteiger partial charge in [-0.1, -0.05) is 6.07 Å². The number of anilines is 3. The minimum atomic E-state index is 0.0792. The number of aromatic nitrogens is 5. The van der Waals surface area contributed by atoms with Crippen molar-refractivity contribution in [2.24, 2.45) is 0 Å². The van der Waals surface area contributed by atoms with Gasteiger partial charge in [0.1, 0.15) is 5.82 Å². The second-order valence-electron chi connectivity index (χ2n) is 5.94. The van der Waals surface area contributed by atoms with E-state index in [9.17, 15) is 0 Å². The van der Waals surface area contributed by atoms with Gasteiger partial charge in [-0.3, -0.25) is 5.10 Å². The van der Waals surface area contributed by atoms with Crippen molar-refractivity contribution in [3.63, 3.8) is 0 Å². The normalized spacial score (nSPS) is 11.3. The third-order valence-corrected chi connectivity index (χ3v) is 4.17. The predicted octanol–water partition coefficient (Wildman–Crippen LogP) is 2.09. The lowest BCUT2D eigenvalue weighted by atomic mass is 10.2. The Kier molecular flexibility index (Phi) is 3.73. The smallest absolute Gasteiger partial charge is 0.247 e. The van der Waals surface area contributed by atoms with Gasteiger partial charge < -0.3 is 15.3 Å². The third kappa shape index (κ3) is 2.76. The minimum absolute atomic E-state index is 0.0792. The lowest BCUT2D eigenvalue weighted by Crippen LogP contribution is -2.23. The number of pyridine rings is 1. The summed E-state index contributed by atoms with van der Waals surface area (Å²) in [5.74, 6) is 1.38. The summed E-state index contributed by atoms with van der Waals surface area (Å²) in [5.41, 5.74) is 3.56. The molecule has 0 fully saturated rings. The van der Waals surface area contributed by atoms with Crippen LogP contribution in [0.3, 0.4) is 0 Å². The van der Waals surface area contributed by atoms with E-state index in [4.69, 9.17) is 5.11 Å². The van der Waals surface area contributed by atoms with Crippen molar-refractivity contribution in [2.45, 2.75) is 6.92 Å². The minimum Gasteiger partial charge on any atom is -0.395 e. The molecule has 3 heterocycles. The molecule has 1 aromatic carbocycles. The number of aryl methyl sites for hydroxylation is 1. The second-order valence-corrected chi connectivity index (χ2v) is 5.94. The predicted molar refractivity (Wildman–Crippen MR) is 97.5 cm³/mol. The fourth-order valence-corrected chi connectivity index (χ4v) is 2.85. The number of fused-ring (bicyclic) bond motifs is 2. The third-order valence-electron chi connectivity index (χ3n) is 4.17. The Morgan fingerprint density at radius 2 is 2.16 bits per heavy atom. The molecule has 0 aliphatic carbocycles. The molecule has 4 rings (SSSR count). The number of hydrogen-bond donors (Lipinski definition) is 3. The molecule has 0 atom stereocenters. The zero-order chi connectivity index (χ0) is 17.4. The van der Waals surface area contributed by atoms with E-state index in [0.717, 1.165) is 33.7 Å². The molecule has 0 aliphatic rings. The van der Waals surface area contributed by atoms with Gasteiger partial charge in [0, 0.05) is 30.4 Å². The van der Waals surface area contributed by atoms with Crippen molar-refractivity contribution in [3.8, 4) is 0 Å². The summed E-state index contributed by atoms with van der Waals surface area (Å²) in [6.07, 6.45) is 0. The average molecular weight is 337 g/mol. The van der Waals surface area contributed by atoms with Crippen LogP contribution in [0.15, 0.2) is 36.4 Å². The number of aromatic amines is 1. The monoisotopic (exact) mass is 337 g/mol. The summed E-state index contributed by atoms with van der Waals surface area (Å²) in [6.45, 7) is 2.60. The molecule has 0 amide bonds. The Labute approximate surface area is 144 Å². The maximum Gasteiger partial charge on any atom is 0.247 e. The van der Waals surface area contributed by atoms with E-state index in [-0.39, 0.29) is 6.61 Å². The second kappa shape index (κ2) is 6.06. The highest BCUT2D eigenvalue weighted by molar-refractivity contribution is 5.85. The first-order chi connectivity index (χ1) is 12.2. The number of nitrogens with zero attached hydrogens (tertiary/aromatic N) is 5. The number of nitrogens with one attached hydrogen (secondary N) is 2. The van der Waals surface area contributed by atoms with Gasteiger partial charge in [0.2, 0.25) is 5.95 Å². The summed E-state index contributed by atoms with van der Waals surface area (Å²) in [5, 5.41) is 25.3. The first-order valence-corrected chi connectivity index (χ1v) is 8.05. The van der Waals surface area contributed by atoms with E-state index in [1.54, 1.807) is 4.52 Å². The molecular weight excluding hydrogens is 318 g/mol. The van der Waals surface area contributed by atoms with E-state index in [1.807, 2.05) is 55.3 Å². The quantitative estimate of drug-likeness (QED) is 0.516. The molecule has 0 spiro atoms. The van der Waals surface area contributed by atoms with Crippen molar-refractivity contribution in [1.29, 1.82) is 0 Å². The van der Waals surface area contributed by atoms with E-state index in [1.165, 1.54) is 0 Å². The molecule has 0 saturated carbocycles. The van der Waals surface area contributed by atoms with Crippen LogP contribution in [0.5, 0.6) is 0 Å². The molecule has 0 saturated heterocycles. The fraction of sp³-hybridized carbons (Fsp3) is 0.235. The maximum atomic E-state index is 9.15. The Morgan fingerprint density at radius 3 is 3.00 bits per heavy atom. The summed E-state index contributed by atoms with van der Waals surface area (Å²) in [4.78, 5) is 6.45. The molecular formula is C17H19N7O. The standard InChI is InChI=1S/C17H19N7O/c1-11-13-7-6-12(10-14(13)21-20-11)18-17-19-15-4-3-5-16(24(15)22-17)23(2)8-9-25/h3-7,10,25H,8-9H2,1-2H3,(H,18,22)(H,20,21). The molecule has 0 aliphatic heterocycles. The summed E-state index contributed by atoms with van der Waals surface area (Å²) in [7, 11) is 1.91. The number of H-pyrrole nitrogens is 1. The van der Waals surface area contributed by atoms with Gasteiger partial charge in [-0.05, 0) is 37.3 Å². The summed E-state index contributed by atoms with van der Waals surface area (Å²) in [6, 6.07) is 11.7. The van der Waals surface area contributed by atoms with Crippen LogP contribution in [0.1, 0.15) is 5.69 Å². The molecule has 0 bridgehead atoms. The van der Waals surface area contributed by atoms with Gasteiger partial charge >= 0.3 is 0 Å². The Morgan fingerprint density at radius 1 is 1.28 bits per heavy atom. The topological polar surface area (TPSA) is 94.4 Å². The van der Waals surface area contributed by atoms with Gasteiger partial charge in [-0.2, -0.15) is 14.6 Å². The van der Waals surface area contributed by atoms with Crippen molar-refractivity contribution in [1.82, 2.24) is 24.8 Å². The Balaban J connectivity index is 1.67. The van der Waals surface area contributed by atoms with Crippen LogP contribution in [0.4, 0.5) is 17.5 Å². The van der Waals surface area contributed by atoms with Crippen LogP contribution >= 0.6 is 0 Å². The lowest BCUT2D eigenvalue weighted by molar-refractivity contribution is 0.303. The van der Waals surface area contributed by atoms with Gasteiger partial charge in [0.15, 0.2) is 5.65 Å². The number of aliphatic hydroxyl groups excluding tert-OH is 1.